The summed E-state index contributed by atoms with van der Waals surface area (Å²) in [5, 5.41) is 9.44. The highest BCUT2D eigenvalue weighted by Crippen LogP contribution is 2.09. The van der Waals surface area contributed by atoms with Gasteiger partial charge in [0.15, 0.2) is 5.75 Å². The zero-order chi connectivity index (χ0) is 13.5. The molecule has 0 fully saturated rings. The van der Waals surface area contributed by atoms with Crippen LogP contribution in [0, 0.1) is 0 Å². The zero-order valence-electron chi connectivity index (χ0n) is 11.6. The minimum Gasteiger partial charge on any atom is -0.503 e. The van der Waals surface area contributed by atoms with E-state index in [4.69, 9.17) is 0 Å². The third-order valence-corrected chi connectivity index (χ3v) is 3.20. The molecule has 0 aliphatic rings. The van der Waals surface area contributed by atoms with Crippen LogP contribution in [0.3, 0.4) is 0 Å². The number of rotatable bonds is 7. The van der Waals surface area contributed by atoms with Gasteiger partial charge in [0.2, 0.25) is 5.43 Å². The number of aromatic hydroxyl groups is 1. The van der Waals surface area contributed by atoms with Crippen LogP contribution in [0.2, 0.25) is 0 Å². The molecule has 0 aromatic carbocycles. The van der Waals surface area contributed by atoms with Gasteiger partial charge < -0.3 is 9.67 Å². The second-order valence-electron chi connectivity index (χ2n) is 4.52. The molecule has 0 saturated heterocycles. The van der Waals surface area contributed by atoms with E-state index in [-0.39, 0.29) is 11.2 Å². The molecule has 0 spiro atoms. The van der Waals surface area contributed by atoms with Crippen molar-refractivity contribution in [2.75, 3.05) is 13.1 Å². The van der Waals surface area contributed by atoms with Gasteiger partial charge in [-0.1, -0.05) is 20.3 Å². The van der Waals surface area contributed by atoms with Crippen LogP contribution in [0.15, 0.2) is 17.1 Å². The van der Waals surface area contributed by atoms with Gasteiger partial charge in [-0.15, -0.1) is 0 Å². The normalized spacial score (nSPS) is 11.1. The summed E-state index contributed by atoms with van der Waals surface area (Å²) < 4.78 is 1.94. The number of aromatic nitrogens is 1. The SMILES string of the molecule is CCCCN(CC)Cc1cc(=O)c(O)cn1CC. The summed E-state index contributed by atoms with van der Waals surface area (Å²) >= 11 is 0. The highest BCUT2D eigenvalue weighted by Gasteiger charge is 2.08. The molecule has 1 rings (SSSR count). The summed E-state index contributed by atoms with van der Waals surface area (Å²) in [6.07, 6.45) is 3.88. The van der Waals surface area contributed by atoms with Gasteiger partial charge in [-0.2, -0.15) is 0 Å². The van der Waals surface area contributed by atoms with Gasteiger partial charge >= 0.3 is 0 Å². The maximum Gasteiger partial charge on any atom is 0.223 e. The number of hydrogen-bond donors (Lipinski definition) is 1. The second kappa shape index (κ2) is 7.21. The number of nitrogens with zero attached hydrogens (tertiary/aromatic N) is 2. The lowest BCUT2D eigenvalue weighted by Gasteiger charge is -2.22. The Bertz CT molecular complexity index is 426. The summed E-state index contributed by atoms with van der Waals surface area (Å²) in [4.78, 5) is 13.8. The van der Waals surface area contributed by atoms with Crippen LogP contribution < -0.4 is 5.43 Å². The molecule has 0 radical (unpaired) electrons. The summed E-state index contributed by atoms with van der Waals surface area (Å²) in [5.74, 6) is -0.169. The molecule has 1 heterocycles. The van der Waals surface area contributed by atoms with Gasteiger partial charge in [0.25, 0.3) is 0 Å². The Hall–Kier alpha value is -1.29. The third kappa shape index (κ3) is 3.88. The molecule has 0 aliphatic heterocycles. The second-order valence-corrected chi connectivity index (χ2v) is 4.52. The van der Waals surface area contributed by atoms with E-state index in [9.17, 15) is 9.90 Å². The first-order valence-corrected chi connectivity index (χ1v) is 6.77. The largest absolute Gasteiger partial charge is 0.503 e. The van der Waals surface area contributed by atoms with Crippen molar-refractivity contribution >= 4 is 0 Å². The van der Waals surface area contributed by atoms with Gasteiger partial charge in [0, 0.05) is 24.8 Å². The van der Waals surface area contributed by atoms with Crippen molar-refractivity contribution in [1.82, 2.24) is 9.47 Å². The predicted octanol–water partition coefficient (Wildman–Crippen LogP) is 2.20. The number of aryl methyl sites for hydroxylation is 1. The molecule has 0 atom stereocenters. The van der Waals surface area contributed by atoms with Crippen LogP contribution in [0.25, 0.3) is 0 Å². The molecule has 0 saturated carbocycles. The minimum atomic E-state index is -0.291. The molecule has 18 heavy (non-hydrogen) atoms. The summed E-state index contributed by atoms with van der Waals surface area (Å²) in [6, 6.07) is 1.55. The molecule has 102 valence electrons. The molecule has 0 aliphatic carbocycles. The van der Waals surface area contributed by atoms with E-state index >= 15 is 0 Å². The molecule has 0 unspecified atom stereocenters. The van der Waals surface area contributed by atoms with E-state index in [0.29, 0.717) is 0 Å². The first-order chi connectivity index (χ1) is 8.62. The Morgan fingerprint density at radius 3 is 2.61 bits per heavy atom. The average Bonchev–Trinajstić information content (AvgIpc) is 2.38. The molecular formula is C14H24N2O2. The van der Waals surface area contributed by atoms with E-state index in [0.717, 1.165) is 31.9 Å². The standard InChI is InChI=1S/C14H24N2O2/c1-4-7-8-15(5-2)10-12-9-13(17)14(18)11-16(12)6-3/h9,11,18H,4-8,10H2,1-3H3. The Kier molecular flexibility index (Phi) is 5.92. The first-order valence-electron chi connectivity index (χ1n) is 6.77. The third-order valence-electron chi connectivity index (χ3n) is 3.20. The Morgan fingerprint density at radius 2 is 2.06 bits per heavy atom. The minimum absolute atomic E-state index is 0.169. The van der Waals surface area contributed by atoms with Gasteiger partial charge in [-0.25, -0.2) is 0 Å². The van der Waals surface area contributed by atoms with Crippen molar-refractivity contribution in [2.45, 2.75) is 46.7 Å². The Labute approximate surface area is 109 Å². The van der Waals surface area contributed by atoms with Gasteiger partial charge in [-0.3, -0.25) is 9.69 Å². The number of pyridine rings is 1. The molecule has 1 aromatic heterocycles. The van der Waals surface area contributed by atoms with Crippen molar-refractivity contribution in [1.29, 1.82) is 0 Å². The molecule has 4 nitrogen and oxygen atoms in total. The maximum absolute atomic E-state index is 11.5. The molecule has 0 bridgehead atoms. The van der Waals surface area contributed by atoms with Crippen molar-refractivity contribution < 1.29 is 5.11 Å². The van der Waals surface area contributed by atoms with E-state index in [1.54, 1.807) is 6.07 Å². The van der Waals surface area contributed by atoms with Gasteiger partial charge in [0.1, 0.15) is 0 Å². The fourth-order valence-corrected chi connectivity index (χ4v) is 1.99. The highest BCUT2D eigenvalue weighted by atomic mass is 16.3. The Balaban J connectivity index is 2.87. The first kappa shape index (κ1) is 14.8. The summed E-state index contributed by atoms with van der Waals surface area (Å²) in [5.41, 5.74) is 0.680. The van der Waals surface area contributed by atoms with Crippen LogP contribution in [-0.4, -0.2) is 27.7 Å². The van der Waals surface area contributed by atoms with E-state index in [2.05, 4.69) is 18.7 Å². The van der Waals surface area contributed by atoms with E-state index in [1.165, 1.54) is 19.0 Å². The van der Waals surface area contributed by atoms with Crippen molar-refractivity contribution in [2.24, 2.45) is 0 Å². The van der Waals surface area contributed by atoms with Crippen molar-refractivity contribution in [3.8, 4) is 5.75 Å². The van der Waals surface area contributed by atoms with E-state index < -0.39 is 0 Å². The Morgan fingerprint density at radius 1 is 1.33 bits per heavy atom. The quantitative estimate of drug-likeness (QED) is 0.809. The topological polar surface area (TPSA) is 45.5 Å². The molecule has 4 heteroatoms. The lowest BCUT2D eigenvalue weighted by atomic mass is 10.2. The van der Waals surface area contributed by atoms with Crippen LogP contribution >= 0.6 is 0 Å². The number of unbranched alkanes of at least 4 members (excludes halogenated alkanes) is 1. The average molecular weight is 252 g/mol. The monoisotopic (exact) mass is 252 g/mol. The maximum atomic E-state index is 11.5. The number of hydrogen-bond acceptors (Lipinski definition) is 3. The fourth-order valence-electron chi connectivity index (χ4n) is 1.99. The fraction of sp³-hybridized carbons (Fsp3) is 0.643. The van der Waals surface area contributed by atoms with Gasteiger partial charge in [-0.05, 0) is 26.4 Å². The summed E-state index contributed by atoms with van der Waals surface area (Å²) in [7, 11) is 0. The highest BCUT2D eigenvalue weighted by molar-refractivity contribution is 5.20. The lowest BCUT2D eigenvalue weighted by molar-refractivity contribution is 0.267. The molecular weight excluding hydrogens is 228 g/mol. The summed E-state index contributed by atoms with van der Waals surface area (Å²) in [6.45, 7) is 9.86. The predicted molar refractivity (Wildman–Crippen MR) is 73.9 cm³/mol. The molecule has 1 N–H and O–H groups in total. The molecule has 0 amide bonds. The van der Waals surface area contributed by atoms with Crippen LogP contribution in [0.5, 0.6) is 5.75 Å². The smallest absolute Gasteiger partial charge is 0.223 e. The van der Waals surface area contributed by atoms with Crippen LogP contribution in [-0.2, 0) is 13.1 Å². The van der Waals surface area contributed by atoms with Gasteiger partial charge in [0.05, 0.1) is 6.20 Å². The molecule has 1 aromatic rings. The zero-order valence-corrected chi connectivity index (χ0v) is 11.6. The van der Waals surface area contributed by atoms with E-state index in [1.807, 2.05) is 11.5 Å². The van der Waals surface area contributed by atoms with Crippen molar-refractivity contribution in [3.05, 3.63) is 28.2 Å². The van der Waals surface area contributed by atoms with Crippen molar-refractivity contribution in [3.63, 3.8) is 0 Å². The van der Waals surface area contributed by atoms with Crippen LogP contribution in [0.1, 0.15) is 39.3 Å². The van der Waals surface area contributed by atoms with Crippen LogP contribution in [0.4, 0.5) is 0 Å². The lowest BCUT2D eigenvalue weighted by Crippen LogP contribution is -2.27.